The van der Waals surface area contributed by atoms with Gasteiger partial charge < -0.3 is 10.3 Å². The third-order valence-electron chi connectivity index (χ3n) is 4.39. The molecule has 1 aromatic carbocycles. The quantitative estimate of drug-likeness (QED) is 0.750. The Morgan fingerprint density at radius 2 is 2.04 bits per heavy atom. The number of fused-ring (bicyclic) bond motifs is 1. The number of aryl methyl sites for hydroxylation is 2. The van der Waals surface area contributed by atoms with Gasteiger partial charge in [-0.05, 0) is 26.3 Å². The Labute approximate surface area is 145 Å². The lowest BCUT2D eigenvalue weighted by Gasteiger charge is -2.09. The van der Waals surface area contributed by atoms with E-state index in [9.17, 15) is 9.59 Å². The van der Waals surface area contributed by atoms with Gasteiger partial charge >= 0.3 is 0 Å². The molecule has 3 rings (SSSR count). The van der Waals surface area contributed by atoms with Crippen LogP contribution in [0.3, 0.4) is 0 Å². The minimum atomic E-state index is -0.285. The van der Waals surface area contributed by atoms with Crippen LogP contribution < -0.4 is 10.9 Å². The fourth-order valence-corrected chi connectivity index (χ4v) is 3.08. The number of nitrogens with zero attached hydrogens (tertiary/aromatic N) is 2. The molecule has 2 N–H and O–H groups in total. The summed E-state index contributed by atoms with van der Waals surface area (Å²) in [7, 11) is 0. The topological polar surface area (TPSA) is 79.8 Å². The van der Waals surface area contributed by atoms with Crippen LogP contribution >= 0.6 is 0 Å². The molecule has 6 heteroatoms. The average molecular weight is 338 g/mol. The van der Waals surface area contributed by atoms with E-state index < -0.39 is 0 Å². The lowest BCUT2D eigenvalue weighted by Crippen LogP contribution is -2.25. The van der Waals surface area contributed by atoms with Crippen molar-refractivity contribution in [2.75, 3.05) is 0 Å². The molecule has 0 unspecified atom stereocenters. The number of hydrogen-bond acceptors (Lipinski definition) is 3. The summed E-state index contributed by atoms with van der Waals surface area (Å²) in [6.07, 6.45) is 1.01. The molecule has 6 nitrogen and oxygen atoms in total. The van der Waals surface area contributed by atoms with Crippen LogP contribution in [0.15, 0.2) is 35.1 Å². The van der Waals surface area contributed by atoms with Crippen molar-refractivity contribution in [3.63, 3.8) is 0 Å². The summed E-state index contributed by atoms with van der Waals surface area (Å²) >= 11 is 0. The van der Waals surface area contributed by atoms with E-state index in [-0.39, 0.29) is 11.5 Å². The van der Waals surface area contributed by atoms with Crippen molar-refractivity contribution in [1.29, 1.82) is 0 Å². The fraction of sp³-hybridized carbons (Fsp3) is 0.316. The van der Waals surface area contributed by atoms with Crippen molar-refractivity contribution >= 4 is 16.8 Å². The Bertz CT molecular complexity index is 985. The smallest absolute Gasteiger partial charge is 0.252 e. The molecular weight excluding hydrogens is 316 g/mol. The highest BCUT2D eigenvalue weighted by atomic mass is 16.2. The third kappa shape index (κ3) is 3.33. The number of rotatable bonds is 5. The molecule has 0 aliphatic rings. The molecule has 1 amide bonds. The third-order valence-corrected chi connectivity index (χ3v) is 4.39. The van der Waals surface area contributed by atoms with Gasteiger partial charge in [0.05, 0.1) is 11.3 Å². The van der Waals surface area contributed by atoms with Gasteiger partial charge in [0.1, 0.15) is 0 Å². The first-order valence-corrected chi connectivity index (χ1v) is 8.44. The summed E-state index contributed by atoms with van der Waals surface area (Å²) in [4.78, 5) is 27.2. The highest BCUT2D eigenvalue weighted by Crippen LogP contribution is 2.16. The van der Waals surface area contributed by atoms with Crippen molar-refractivity contribution in [1.82, 2.24) is 20.1 Å². The predicted octanol–water partition coefficient (Wildman–Crippen LogP) is 2.68. The number of pyridine rings is 1. The van der Waals surface area contributed by atoms with Crippen molar-refractivity contribution in [2.45, 2.75) is 40.3 Å². The van der Waals surface area contributed by atoms with Gasteiger partial charge in [-0.3, -0.25) is 14.3 Å². The Hall–Kier alpha value is -2.89. The molecule has 0 fully saturated rings. The molecule has 2 heterocycles. The summed E-state index contributed by atoms with van der Waals surface area (Å²) in [5.41, 5.74) is 3.76. The van der Waals surface area contributed by atoms with Crippen molar-refractivity contribution < 1.29 is 4.79 Å². The van der Waals surface area contributed by atoms with Gasteiger partial charge in [0.15, 0.2) is 0 Å². The van der Waals surface area contributed by atoms with E-state index in [1.54, 1.807) is 6.07 Å². The van der Waals surface area contributed by atoms with Crippen LogP contribution in [-0.2, 0) is 13.1 Å². The lowest BCUT2D eigenvalue weighted by atomic mass is 10.1. The van der Waals surface area contributed by atoms with E-state index in [0.29, 0.717) is 17.6 Å². The van der Waals surface area contributed by atoms with Crippen LogP contribution in [0.25, 0.3) is 10.9 Å². The van der Waals surface area contributed by atoms with Gasteiger partial charge in [-0.15, -0.1) is 0 Å². The zero-order valence-electron chi connectivity index (χ0n) is 14.7. The summed E-state index contributed by atoms with van der Waals surface area (Å²) in [6.45, 7) is 7.32. The monoisotopic (exact) mass is 338 g/mol. The molecule has 3 aromatic rings. The Morgan fingerprint density at radius 1 is 1.28 bits per heavy atom. The molecule has 25 heavy (non-hydrogen) atoms. The Balaban J connectivity index is 1.86. The highest BCUT2D eigenvalue weighted by Gasteiger charge is 2.15. The molecule has 0 aliphatic heterocycles. The number of para-hydroxylation sites is 1. The van der Waals surface area contributed by atoms with E-state index in [0.717, 1.165) is 35.3 Å². The van der Waals surface area contributed by atoms with Crippen LogP contribution in [0.1, 0.15) is 40.7 Å². The number of benzene rings is 1. The van der Waals surface area contributed by atoms with Crippen molar-refractivity contribution in [3.05, 3.63) is 63.2 Å². The maximum Gasteiger partial charge on any atom is 0.252 e. The number of nitrogens with one attached hydrogen (secondary N) is 2. The molecule has 0 atom stereocenters. The first kappa shape index (κ1) is 17.0. The van der Waals surface area contributed by atoms with Gasteiger partial charge in [-0.1, -0.05) is 25.1 Å². The molecule has 0 aliphatic carbocycles. The zero-order chi connectivity index (χ0) is 18.0. The lowest BCUT2D eigenvalue weighted by molar-refractivity contribution is 0.0952. The molecule has 0 saturated carbocycles. The molecule has 0 bridgehead atoms. The van der Waals surface area contributed by atoms with Crippen molar-refractivity contribution in [2.24, 2.45) is 0 Å². The molecule has 0 spiro atoms. The summed E-state index contributed by atoms with van der Waals surface area (Å²) in [5, 5.41) is 8.18. The van der Waals surface area contributed by atoms with Gasteiger partial charge in [0.2, 0.25) is 5.56 Å². The number of aromatic amines is 1. The van der Waals surface area contributed by atoms with Crippen LogP contribution in [0, 0.1) is 13.8 Å². The molecular formula is C19H22N4O2. The van der Waals surface area contributed by atoms with E-state index in [2.05, 4.69) is 22.3 Å². The SMILES string of the molecule is CCCn1nc(C)c(CNC(=O)c2cc(=O)[nH]c3ccccc23)c1C. The first-order chi connectivity index (χ1) is 12.0. The van der Waals surface area contributed by atoms with Gasteiger partial charge in [-0.2, -0.15) is 5.10 Å². The highest BCUT2D eigenvalue weighted by molar-refractivity contribution is 6.05. The number of aromatic nitrogens is 3. The Kier molecular flexibility index (Phi) is 4.70. The van der Waals surface area contributed by atoms with Crippen LogP contribution in [0.2, 0.25) is 0 Å². The van der Waals surface area contributed by atoms with Crippen LogP contribution in [0.4, 0.5) is 0 Å². The predicted molar refractivity (Wildman–Crippen MR) is 97.7 cm³/mol. The second-order valence-corrected chi connectivity index (χ2v) is 6.15. The first-order valence-electron chi connectivity index (χ1n) is 8.44. The normalized spacial score (nSPS) is 11.0. The number of carbonyl (C=O) groups excluding carboxylic acids is 1. The number of amides is 1. The van der Waals surface area contributed by atoms with Gasteiger partial charge in [0.25, 0.3) is 5.91 Å². The van der Waals surface area contributed by atoms with E-state index in [1.807, 2.05) is 36.7 Å². The summed E-state index contributed by atoms with van der Waals surface area (Å²) < 4.78 is 1.97. The Morgan fingerprint density at radius 3 is 2.80 bits per heavy atom. The molecule has 2 aromatic heterocycles. The molecule has 0 saturated heterocycles. The van der Waals surface area contributed by atoms with Crippen LogP contribution in [-0.4, -0.2) is 20.7 Å². The largest absolute Gasteiger partial charge is 0.348 e. The average Bonchev–Trinajstić information content (AvgIpc) is 2.86. The minimum absolute atomic E-state index is 0.260. The van der Waals surface area contributed by atoms with Gasteiger partial charge in [-0.25, -0.2) is 0 Å². The maximum atomic E-state index is 12.6. The van der Waals surface area contributed by atoms with Gasteiger partial charge in [0, 0.05) is 41.3 Å². The number of H-pyrrole nitrogens is 1. The summed E-state index contributed by atoms with van der Waals surface area (Å²) in [6, 6.07) is 8.64. The standard InChI is InChI=1S/C19H22N4O2/c1-4-9-23-13(3)16(12(2)22-23)11-20-19(25)15-10-18(24)21-17-8-6-5-7-14(15)17/h5-8,10H,4,9,11H2,1-3H3,(H,20,25)(H,21,24). The van der Waals surface area contributed by atoms with E-state index >= 15 is 0 Å². The van der Waals surface area contributed by atoms with E-state index in [1.165, 1.54) is 6.07 Å². The maximum absolute atomic E-state index is 12.6. The number of carbonyl (C=O) groups is 1. The molecule has 0 radical (unpaired) electrons. The summed E-state index contributed by atoms with van der Waals surface area (Å²) in [5.74, 6) is -0.260. The minimum Gasteiger partial charge on any atom is -0.348 e. The fourth-order valence-electron chi connectivity index (χ4n) is 3.08. The number of hydrogen-bond donors (Lipinski definition) is 2. The second kappa shape index (κ2) is 6.93. The second-order valence-electron chi connectivity index (χ2n) is 6.15. The zero-order valence-corrected chi connectivity index (χ0v) is 14.7. The van der Waals surface area contributed by atoms with Crippen LogP contribution in [0.5, 0.6) is 0 Å². The van der Waals surface area contributed by atoms with Crippen molar-refractivity contribution in [3.8, 4) is 0 Å². The van der Waals surface area contributed by atoms with E-state index in [4.69, 9.17) is 0 Å². The molecule has 130 valence electrons.